The van der Waals surface area contributed by atoms with Gasteiger partial charge in [-0.1, -0.05) is 25.0 Å². The van der Waals surface area contributed by atoms with Gasteiger partial charge in [-0.25, -0.2) is 0 Å². The summed E-state index contributed by atoms with van der Waals surface area (Å²) >= 11 is 1.34. The summed E-state index contributed by atoms with van der Waals surface area (Å²) in [5.74, 6) is -3.87. The number of nitrogens with two attached hydrogens (primary N) is 1. The van der Waals surface area contributed by atoms with E-state index in [0.29, 0.717) is 18.6 Å². The molecule has 0 spiro atoms. The first kappa shape index (κ1) is 31.8. The van der Waals surface area contributed by atoms with Gasteiger partial charge < -0.3 is 31.3 Å². The van der Waals surface area contributed by atoms with Crippen molar-refractivity contribution in [1.29, 1.82) is 0 Å². The quantitative estimate of drug-likeness (QED) is 0.139. The van der Waals surface area contributed by atoms with E-state index in [1.165, 1.54) is 11.8 Å². The molecule has 1 aromatic heterocycles. The summed E-state index contributed by atoms with van der Waals surface area (Å²) < 4.78 is 5.79. The van der Waals surface area contributed by atoms with Gasteiger partial charge in [0, 0.05) is 24.6 Å². The van der Waals surface area contributed by atoms with Gasteiger partial charge in [-0.15, -0.1) is 11.8 Å². The van der Waals surface area contributed by atoms with Crippen molar-refractivity contribution in [3.8, 4) is 0 Å². The normalized spacial score (nSPS) is 18.4. The maximum atomic E-state index is 12.9. The van der Waals surface area contributed by atoms with E-state index in [-0.39, 0.29) is 29.8 Å². The second-order valence-corrected chi connectivity index (χ2v) is 11.2. The van der Waals surface area contributed by atoms with Gasteiger partial charge in [-0.05, 0) is 55.4 Å². The number of fused-ring (bicyclic) bond motifs is 1. The molecule has 6 N–H and O–H groups in total. The average Bonchev–Trinajstić information content (AvgIpc) is 3.27. The number of carbonyl (C=O) groups excluding carboxylic acids is 3. The molecule has 3 rings (SSSR count). The van der Waals surface area contributed by atoms with Gasteiger partial charge in [0.25, 0.3) is 0 Å². The monoisotopic (exact) mass is 588 g/mol. The molecule has 4 atom stereocenters. The zero-order valence-electron chi connectivity index (χ0n) is 22.8. The summed E-state index contributed by atoms with van der Waals surface area (Å²) in [4.78, 5) is 64.1. The van der Waals surface area contributed by atoms with Crippen molar-refractivity contribution in [1.82, 2.24) is 15.6 Å². The Morgan fingerprint density at radius 3 is 2.56 bits per heavy atom. The summed E-state index contributed by atoms with van der Waals surface area (Å²) in [5, 5.41) is 22.5. The maximum absolute atomic E-state index is 12.9. The fourth-order valence-corrected chi connectivity index (χ4v) is 6.10. The second kappa shape index (κ2) is 15.3. The molecule has 1 aromatic rings. The van der Waals surface area contributed by atoms with Crippen LogP contribution in [0.4, 0.5) is 0 Å². The van der Waals surface area contributed by atoms with E-state index in [2.05, 4.69) is 15.6 Å². The number of allylic oxidation sites excluding steroid dienone is 1. The van der Waals surface area contributed by atoms with E-state index in [9.17, 15) is 24.0 Å². The highest BCUT2D eigenvalue weighted by molar-refractivity contribution is 8.00. The molecule has 0 saturated heterocycles. The Kier molecular flexibility index (Phi) is 11.9. The number of hydrogen-bond donors (Lipinski definition) is 5. The summed E-state index contributed by atoms with van der Waals surface area (Å²) in [5.41, 5.74) is 8.67. The number of nitrogens with one attached hydrogen (secondary N) is 2. The van der Waals surface area contributed by atoms with Crippen molar-refractivity contribution in [3.05, 3.63) is 53.1 Å². The smallest absolute Gasteiger partial charge is 0.322 e. The van der Waals surface area contributed by atoms with Crippen LogP contribution in [0, 0.1) is 5.92 Å². The SMILES string of the molecule is CCCC(SCC(NC(=O)CCC(N)C(=O)O)C(=O)NCC(=O)O)C1=C2CCC(Cc3ccncc3)=CC2C(=O)O1. The second-order valence-electron chi connectivity index (χ2n) is 9.97. The van der Waals surface area contributed by atoms with Crippen molar-refractivity contribution in [3.63, 3.8) is 0 Å². The molecule has 2 amide bonds. The molecule has 0 aromatic carbocycles. The number of carboxylic acids is 2. The molecule has 1 aliphatic heterocycles. The molecule has 0 fully saturated rings. The lowest BCUT2D eigenvalue weighted by Crippen LogP contribution is -2.49. The number of nitrogens with zero attached hydrogens (tertiary/aromatic N) is 1. The van der Waals surface area contributed by atoms with Crippen molar-refractivity contribution in [2.24, 2.45) is 11.7 Å². The Morgan fingerprint density at radius 2 is 1.90 bits per heavy atom. The van der Waals surface area contributed by atoms with Gasteiger partial charge in [0.2, 0.25) is 11.8 Å². The highest BCUT2D eigenvalue weighted by Crippen LogP contribution is 2.42. The molecule has 12 nitrogen and oxygen atoms in total. The fourth-order valence-electron chi connectivity index (χ4n) is 4.69. The molecule has 4 unspecified atom stereocenters. The minimum Gasteiger partial charge on any atom is -0.480 e. The zero-order chi connectivity index (χ0) is 29.9. The van der Waals surface area contributed by atoms with Gasteiger partial charge in [0.15, 0.2) is 0 Å². The number of carboxylic acid groups (broad SMARTS) is 2. The molecule has 2 heterocycles. The van der Waals surface area contributed by atoms with Crippen LogP contribution >= 0.6 is 11.8 Å². The Hall–Kier alpha value is -3.71. The lowest BCUT2D eigenvalue weighted by atomic mass is 9.83. The van der Waals surface area contributed by atoms with Crippen molar-refractivity contribution in [2.45, 2.75) is 69.2 Å². The number of rotatable bonds is 16. The molecular formula is C28H36N4O8S. The fraction of sp³-hybridized carbons (Fsp3) is 0.500. The topological polar surface area (TPSA) is 198 Å². The predicted molar refractivity (Wildman–Crippen MR) is 150 cm³/mol. The molecule has 0 bridgehead atoms. The van der Waals surface area contributed by atoms with Crippen LogP contribution in [0.2, 0.25) is 0 Å². The van der Waals surface area contributed by atoms with E-state index >= 15 is 0 Å². The molecule has 1 aliphatic carbocycles. The van der Waals surface area contributed by atoms with Crippen LogP contribution in [-0.4, -0.2) is 74.6 Å². The van der Waals surface area contributed by atoms with Gasteiger partial charge in [-0.2, -0.15) is 0 Å². The number of esters is 1. The standard InChI is InChI=1S/C28H36N4O8S/c1-2-3-22(25-18-5-4-17(13-19(18)28(39)40-25)12-16-8-10-30-11-9-16)41-15-21(26(36)31-14-24(34)35)32-23(33)7-6-20(29)27(37)38/h8-11,13,19-22H,2-7,12,14-15,29H2,1H3,(H,31,36)(H,32,33)(H,34,35)(H,37,38). The number of pyridine rings is 1. The number of hydrogen-bond acceptors (Lipinski definition) is 9. The third-order valence-electron chi connectivity index (χ3n) is 6.83. The minimum atomic E-state index is -1.24. The van der Waals surface area contributed by atoms with Crippen LogP contribution in [0.5, 0.6) is 0 Å². The first-order valence-electron chi connectivity index (χ1n) is 13.5. The predicted octanol–water partition coefficient (Wildman–Crippen LogP) is 1.55. The van der Waals surface area contributed by atoms with Crippen LogP contribution in [0.15, 0.2) is 47.5 Å². The molecule has 0 radical (unpaired) electrons. The maximum Gasteiger partial charge on any atom is 0.322 e. The van der Waals surface area contributed by atoms with Gasteiger partial charge in [0.1, 0.15) is 30.3 Å². The van der Waals surface area contributed by atoms with Gasteiger partial charge in [-0.3, -0.25) is 29.0 Å². The van der Waals surface area contributed by atoms with Crippen LogP contribution in [0.25, 0.3) is 0 Å². The van der Waals surface area contributed by atoms with Crippen molar-refractivity contribution >= 4 is 41.5 Å². The van der Waals surface area contributed by atoms with Gasteiger partial charge >= 0.3 is 17.9 Å². The van der Waals surface area contributed by atoms with E-state index in [1.54, 1.807) is 12.4 Å². The summed E-state index contributed by atoms with van der Waals surface area (Å²) in [6, 6.07) is 1.57. The molecule has 13 heteroatoms. The van der Waals surface area contributed by atoms with Crippen LogP contribution in [-0.2, 0) is 35.1 Å². The number of aliphatic carboxylic acids is 2. The molecule has 222 valence electrons. The Balaban J connectivity index is 1.72. The lowest BCUT2D eigenvalue weighted by molar-refractivity contribution is -0.140. The van der Waals surface area contributed by atoms with Gasteiger partial charge in [0.05, 0.1) is 5.25 Å². The van der Waals surface area contributed by atoms with E-state index in [1.807, 2.05) is 25.1 Å². The zero-order valence-corrected chi connectivity index (χ0v) is 23.7. The van der Waals surface area contributed by atoms with E-state index < -0.39 is 48.3 Å². The Morgan fingerprint density at radius 1 is 1.17 bits per heavy atom. The number of ether oxygens (including phenoxy) is 1. The van der Waals surface area contributed by atoms with Crippen molar-refractivity contribution < 1.29 is 38.9 Å². The first-order valence-corrected chi connectivity index (χ1v) is 14.6. The summed E-state index contributed by atoms with van der Waals surface area (Å²) in [6.45, 7) is 1.37. The van der Waals surface area contributed by atoms with Crippen LogP contribution in [0.1, 0.15) is 51.0 Å². The summed E-state index contributed by atoms with van der Waals surface area (Å²) in [6.07, 6.45) is 8.72. The Bertz CT molecular complexity index is 1200. The molecule has 41 heavy (non-hydrogen) atoms. The largest absolute Gasteiger partial charge is 0.480 e. The molecule has 0 saturated carbocycles. The molecular weight excluding hydrogens is 552 g/mol. The first-order chi connectivity index (χ1) is 19.6. The summed E-state index contributed by atoms with van der Waals surface area (Å²) in [7, 11) is 0. The lowest BCUT2D eigenvalue weighted by Gasteiger charge is -2.23. The number of aromatic nitrogens is 1. The third kappa shape index (κ3) is 9.42. The van der Waals surface area contributed by atoms with E-state index in [4.69, 9.17) is 20.7 Å². The highest BCUT2D eigenvalue weighted by Gasteiger charge is 2.39. The third-order valence-corrected chi connectivity index (χ3v) is 8.21. The number of carbonyl (C=O) groups is 5. The van der Waals surface area contributed by atoms with Crippen molar-refractivity contribution in [2.75, 3.05) is 12.3 Å². The number of thioether (sulfide) groups is 1. The average molecular weight is 589 g/mol. The minimum absolute atomic E-state index is 0.0783. The van der Waals surface area contributed by atoms with Crippen LogP contribution in [0.3, 0.4) is 0 Å². The molecule has 2 aliphatic rings. The number of amides is 2. The highest BCUT2D eigenvalue weighted by atomic mass is 32.2. The Labute approximate surface area is 242 Å². The van der Waals surface area contributed by atoms with Crippen LogP contribution < -0.4 is 16.4 Å². The number of cyclic esters (lactones) is 1. The van der Waals surface area contributed by atoms with E-state index in [0.717, 1.165) is 36.0 Å².